The topological polar surface area (TPSA) is 54.4 Å². The van der Waals surface area contributed by atoms with Gasteiger partial charge < -0.3 is 5.11 Å². The Balaban J connectivity index is 2.22. The third kappa shape index (κ3) is 3.77. The molecule has 1 aliphatic rings. The molecule has 1 aliphatic heterocycles. The van der Waals surface area contributed by atoms with Crippen molar-refractivity contribution in [1.82, 2.24) is 0 Å². The van der Waals surface area contributed by atoms with E-state index in [9.17, 15) is 13.5 Å². The number of hydrogen-bond donors (Lipinski definition) is 1. The van der Waals surface area contributed by atoms with Crippen LogP contribution in [0.3, 0.4) is 0 Å². The molecule has 152 valence electrons. The van der Waals surface area contributed by atoms with Crippen molar-refractivity contribution in [3.05, 3.63) is 65.2 Å². The van der Waals surface area contributed by atoms with Crippen LogP contribution in [-0.4, -0.2) is 19.3 Å². The van der Waals surface area contributed by atoms with E-state index >= 15 is 0 Å². The van der Waals surface area contributed by atoms with Gasteiger partial charge in [-0.05, 0) is 46.9 Å². The quantitative estimate of drug-likeness (QED) is 0.714. The van der Waals surface area contributed by atoms with Gasteiger partial charge in [-0.25, -0.2) is 8.42 Å². The van der Waals surface area contributed by atoms with Gasteiger partial charge in [0.05, 0.1) is 17.3 Å². The van der Waals surface area contributed by atoms with E-state index < -0.39 is 9.84 Å². The van der Waals surface area contributed by atoms with E-state index in [0.717, 1.165) is 42.4 Å². The zero-order chi connectivity index (χ0) is 20.4. The van der Waals surface area contributed by atoms with Crippen molar-refractivity contribution >= 4 is 9.84 Å². The minimum absolute atomic E-state index is 0.0147. The predicted octanol–water partition coefficient (Wildman–Crippen LogP) is 5.32. The summed E-state index contributed by atoms with van der Waals surface area (Å²) in [5, 5.41) is 9.40. The highest BCUT2D eigenvalue weighted by molar-refractivity contribution is 7.91. The number of aliphatic hydroxyl groups excluding tert-OH is 1. The maximum atomic E-state index is 13.4. The first-order valence-corrected chi connectivity index (χ1v) is 12.0. The Bertz CT molecular complexity index is 902. The van der Waals surface area contributed by atoms with Gasteiger partial charge in [-0.1, -0.05) is 76.1 Å². The zero-order valence-corrected chi connectivity index (χ0v) is 18.0. The molecule has 0 saturated carbocycles. The normalized spacial score (nSPS) is 26.4. The van der Waals surface area contributed by atoms with Gasteiger partial charge >= 0.3 is 0 Å². The molecule has 4 heteroatoms. The lowest BCUT2D eigenvalue weighted by molar-refractivity contribution is 0.160. The van der Waals surface area contributed by atoms with Crippen LogP contribution in [0.1, 0.15) is 69.1 Å². The highest BCUT2D eigenvalue weighted by atomic mass is 32.2. The number of sulfone groups is 1. The molecule has 0 unspecified atom stereocenters. The van der Waals surface area contributed by atoms with E-state index in [-0.39, 0.29) is 29.6 Å². The Morgan fingerprint density at radius 1 is 1.07 bits per heavy atom. The molecule has 0 spiro atoms. The number of fused-ring (bicyclic) bond motifs is 1. The number of rotatable bonds is 6. The second kappa shape index (κ2) is 8.38. The predicted molar refractivity (Wildman–Crippen MR) is 114 cm³/mol. The van der Waals surface area contributed by atoms with E-state index in [2.05, 4.69) is 32.9 Å². The summed E-state index contributed by atoms with van der Waals surface area (Å²) in [4.78, 5) is 0.491. The number of benzene rings is 2. The summed E-state index contributed by atoms with van der Waals surface area (Å²) in [7, 11) is -3.36. The van der Waals surface area contributed by atoms with Crippen LogP contribution in [0.4, 0.5) is 0 Å². The lowest BCUT2D eigenvalue weighted by atomic mass is 9.64. The van der Waals surface area contributed by atoms with Crippen LogP contribution in [-0.2, 0) is 16.4 Å². The van der Waals surface area contributed by atoms with Crippen molar-refractivity contribution in [2.75, 3.05) is 5.75 Å². The van der Waals surface area contributed by atoms with Crippen molar-refractivity contribution in [2.45, 2.75) is 63.9 Å². The molecule has 0 aromatic heterocycles. The van der Waals surface area contributed by atoms with Crippen molar-refractivity contribution < 1.29 is 13.5 Å². The average molecular weight is 401 g/mol. The van der Waals surface area contributed by atoms with Crippen LogP contribution in [0.25, 0.3) is 0 Å². The molecule has 0 fully saturated rings. The standard InChI is InChI=1S/C24H32O3S/c1-4-6-15-24(5-2)17-28(26,27)22-10-8-7-9-21(22)23(18(24)3)20-13-11-19(16-25)12-14-20/h7-14,18,23,25H,4-6,15-17H2,1-3H3/t18-,23-,24-/m1/s1. The van der Waals surface area contributed by atoms with Crippen molar-refractivity contribution in [2.24, 2.45) is 11.3 Å². The molecular formula is C24H32O3S. The summed E-state index contributed by atoms with van der Waals surface area (Å²) in [6.45, 7) is 6.56. The maximum absolute atomic E-state index is 13.4. The molecule has 0 saturated heterocycles. The molecule has 28 heavy (non-hydrogen) atoms. The molecule has 0 radical (unpaired) electrons. The van der Waals surface area contributed by atoms with E-state index in [1.165, 1.54) is 0 Å². The minimum Gasteiger partial charge on any atom is -0.392 e. The SMILES string of the molecule is CCCC[C@]1(CC)CS(=O)(=O)c2ccccc2[C@@H](c2ccc(CO)cc2)[C@H]1C. The Morgan fingerprint density at radius 2 is 1.75 bits per heavy atom. The second-order valence-electron chi connectivity index (χ2n) is 8.28. The lowest BCUT2D eigenvalue weighted by Crippen LogP contribution is -2.37. The summed E-state index contributed by atoms with van der Waals surface area (Å²) < 4.78 is 26.8. The van der Waals surface area contributed by atoms with Crippen LogP contribution in [0, 0.1) is 11.3 Å². The lowest BCUT2D eigenvalue weighted by Gasteiger charge is -2.41. The Labute approximate surface area is 169 Å². The smallest absolute Gasteiger partial charge is 0.179 e. The summed E-state index contributed by atoms with van der Waals surface area (Å²) >= 11 is 0. The van der Waals surface area contributed by atoms with Gasteiger partial charge in [0, 0.05) is 5.92 Å². The molecule has 0 aliphatic carbocycles. The van der Waals surface area contributed by atoms with Gasteiger partial charge in [-0.15, -0.1) is 0 Å². The van der Waals surface area contributed by atoms with Crippen molar-refractivity contribution in [1.29, 1.82) is 0 Å². The van der Waals surface area contributed by atoms with Gasteiger partial charge in [0.1, 0.15) is 0 Å². The molecule has 0 amide bonds. The monoisotopic (exact) mass is 400 g/mol. The fourth-order valence-corrected chi connectivity index (χ4v) is 7.32. The van der Waals surface area contributed by atoms with Crippen LogP contribution >= 0.6 is 0 Å². The largest absolute Gasteiger partial charge is 0.392 e. The van der Waals surface area contributed by atoms with E-state index in [1.807, 2.05) is 30.3 Å². The third-order valence-electron chi connectivity index (χ3n) is 6.79. The molecule has 2 aromatic rings. The van der Waals surface area contributed by atoms with Gasteiger partial charge in [-0.2, -0.15) is 0 Å². The average Bonchev–Trinajstić information content (AvgIpc) is 2.78. The van der Waals surface area contributed by atoms with E-state index in [0.29, 0.717) is 4.90 Å². The zero-order valence-electron chi connectivity index (χ0n) is 17.2. The molecule has 3 atom stereocenters. The first kappa shape index (κ1) is 21.1. The Morgan fingerprint density at radius 3 is 2.36 bits per heavy atom. The van der Waals surface area contributed by atoms with Crippen LogP contribution < -0.4 is 0 Å². The molecule has 1 N–H and O–H groups in total. The Hall–Kier alpha value is -1.65. The van der Waals surface area contributed by atoms with Crippen molar-refractivity contribution in [3.63, 3.8) is 0 Å². The number of unbranched alkanes of at least 4 members (excludes halogenated alkanes) is 1. The molecule has 2 aromatic carbocycles. The van der Waals surface area contributed by atoms with E-state index in [1.54, 1.807) is 6.07 Å². The third-order valence-corrected chi connectivity index (χ3v) is 8.78. The van der Waals surface area contributed by atoms with Gasteiger partial charge in [0.15, 0.2) is 9.84 Å². The fourth-order valence-electron chi connectivity index (χ4n) is 4.96. The Kier molecular flexibility index (Phi) is 6.31. The summed E-state index contributed by atoms with van der Waals surface area (Å²) in [5.41, 5.74) is 2.68. The molecular weight excluding hydrogens is 368 g/mol. The van der Waals surface area contributed by atoms with E-state index in [4.69, 9.17) is 0 Å². The van der Waals surface area contributed by atoms with Gasteiger partial charge in [0.2, 0.25) is 0 Å². The molecule has 1 heterocycles. The number of hydrogen-bond acceptors (Lipinski definition) is 3. The minimum atomic E-state index is -3.36. The molecule has 0 bridgehead atoms. The highest BCUT2D eigenvalue weighted by Crippen LogP contribution is 2.52. The maximum Gasteiger partial charge on any atom is 0.179 e. The number of aliphatic hydroxyl groups is 1. The summed E-state index contributed by atoms with van der Waals surface area (Å²) in [6, 6.07) is 15.5. The van der Waals surface area contributed by atoms with Crippen LogP contribution in [0.15, 0.2) is 53.4 Å². The molecule has 3 rings (SSSR count). The summed E-state index contributed by atoms with van der Waals surface area (Å²) in [5.74, 6) is 0.445. The molecule has 3 nitrogen and oxygen atoms in total. The van der Waals surface area contributed by atoms with Gasteiger partial charge in [-0.3, -0.25) is 0 Å². The highest BCUT2D eigenvalue weighted by Gasteiger charge is 2.47. The summed E-state index contributed by atoms with van der Waals surface area (Å²) in [6.07, 6.45) is 3.89. The van der Waals surface area contributed by atoms with Crippen LogP contribution in [0.5, 0.6) is 0 Å². The van der Waals surface area contributed by atoms with Crippen molar-refractivity contribution in [3.8, 4) is 0 Å². The second-order valence-corrected chi connectivity index (χ2v) is 10.2. The fraction of sp³-hybridized carbons (Fsp3) is 0.500. The first-order chi connectivity index (χ1) is 13.4. The van der Waals surface area contributed by atoms with Crippen LogP contribution in [0.2, 0.25) is 0 Å². The van der Waals surface area contributed by atoms with Gasteiger partial charge in [0.25, 0.3) is 0 Å². The first-order valence-electron chi connectivity index (χ1n) is 10.4.